The summed E-state index contributed by atoms with van der Waals surface area (Å²) in [7, 11) is 0. The SMILES string of the molecule is NN(C(=O)c1cccc(N2CCCCC2)c1)c1ncc(-c2cccc(C(F)(F)F)c2)cn1. The zero-order chi connectivity index (χ0) is 22.7. The Morgan fingerprint density at radius 1 is 0.938 bits per heavy atom. The number of amides is 1. The van der Waals surface area contributed by atoms with Crippen molar-refractivity contribution in [3.8, 4) is 11.1 Å². The van der Waals surface area contributed by atoms with Gasteiger partial charge in [0.1, 0.15) is 0 Å². The maximum atomic E-state index is 13.0. The van der Waals surface area contributed by atoms with Crippen LogP contribution in [0.2, 0.25) is 0 Å². The molecular formula is C23H22F3N5O. The predicted molar refractivity (Wildman–Crippen MR) is 116 cm³/mol. The Morgan fingerprint density at radius 3 is 2.31 bits per heavy atom. The fourth-order valence-corrected chi connectivity index (χ4v) is 3.69. The summed E-state index contributed by atoms with van der Waals surface area (Å²) in [5, 5.41) is 0.839. The lowest BCUT2D eigenvalue weighted by molar-refractivity contribution is -0.137. The molecule has 4 rings (SSSR count). The van der Waals surface area contributed by atoms with Gasteiger partial charge in [0.05, 0.1) is 5.56 Å². The maximum Gasteiger partial charge on any atom is 0.416 e. The Balaban J connectivity index is 1.52. The number of aromatic nitrogens is 2. The number of nitrogens with two attached hydrogens (primary N) is 1. The molecule has 3 aromatic rings. The predicted octanol–water partition coefficient (Wildman–Crippen LogP) is 4.67. The molecule has 0 saturated carbocycles. The highest BCUT2D eigenvalue weighted by Crippen LogP contribution is 2.32. The molecule has 32 heavy (non-hydrogen) atoms. The number of piperidine rings is 1. The van der Waals surface area contributed by atoms with Gasteiger partial charge in [0.15, 0.2) is 0 Å². The average Bonchev–Trinajstić information content (AvgIpc) is 2.83. The molecule has 2 aromatic carbocycles. The maximum absolute atomic E-state index is 13.0. The number of hydrazine groups is 1. The average molecular weight is 441 g/mol. The molecule has 1 aliphatic rings. The van der Waals surface area contributed by atoms with Gasteiger partial charge in [0.25, 0.3) is 5.91 Å². The minimum atomic E-state index is -4.44. The number of alkyl halides is 3. The molecule has 0 unspecified atom stereocenters. The van der Waals surface area contributed by atoms with Gasteiger partial charge in [-0.05, 0) is 55.2 Å². The van der Waals surface area contributed by atoms with Gasteiger partial charge in [-0.3, -0.25) is 4.79 Å². The third-order valence-electron chi connectivity index (χ3n) is 5.41. The second kappa shape index (κ2) is 8.96. The number of hydrogen-bond acceptors (Lipinski definition) is 5. The van der Waals surface area contributed by atoms with Crippen LogP contribution in [0.1, 0.15) is 35.2 Å². The van der Waals surface area contributed by atoms with E-state index in [4.69, 9.17) is 5.84 Å². The van der Waals surface area contributed by atoms with Gasteiger partial charge in [-0.15, -0.1) is 0 Å². The Labute approximate surface area is 183 Å². The van der Waals surface area contributed by atoms with Gasteiger partial charge in [-0.25, -0.2) is 20.8 Å². The fourth-order valence-electron chi connectivity index (χ4n) is 3.69. The summed E-state index contributed by atoms with van der Waals surface area (Å²) < 4.78 is 38.9. The first-order valence-corrected chi connectivity index (χ1v) is 10.3. The Bertz CT molecular complexity index is 1100. The van der Waals surface area contributed by atoms with Gasteiger partial charge >= 0.3 is 6.18 Å². The first-order valence-electron chi connectivity index (χ1n) is 10.3. The molecule has 1 aromatic heterocycles. The number of halogens is 3. The van der Waals surface area contributed by atoms with Crippen LogP contribution in [0.3, 0.4) is 0 Å². The van der Waals surface area contributed by atoms with Crippen LogP contribution >= 0.6 is 0 Å². The number of anilines is 2. The lowest BCUT2D eigenvalue weighted by Crippen LogP contribution is -2.39. The summed E-state index contributed by atoms with van der Waals surface area (Å²) in [4.78, 5) is 23.3. The van der Waals surface area contributed by atoms with Crippen LogP contribution in [0.25, 0.3) is 11.1 Å². The number of carbonyl (C=O) groups is 1. The third-order valence-corrected chi connectivity index (χ3v) is 5.41. The van der Waals surface area contributed by atoms with Gasteiger partial charge < -0.3 is 4.90 Å². The van der Waals surface area contributed by atoms with E-state index in [1.165, 1.54) is 30.9 Å². The highest BCUT2D eigenvalue weighted by molar-refractivity contribution is 6.04. The van der Waals surface area contributed by atoms with Crippen LogP contribution in [0, 0.1) is 0 Å². The van der Waals surface area contributed by atoms with E-state index >= 15 is 0 Å². The summed E-state index contributed by atoms with van der Waals surface area (Å²) in [6.07, 6.45) is 1.68. The van der Waals surface area contributed by atoms with Crippen molar-refractivity contribution in [3.05, 3.63) is 72.1 Å². The molecule has 0 bridgehead atoms. The van der Waals surface area contributed by atoms with E-state index in [1.807, 2.05) is 12.1 Å². The highest BCUT2D eigenvalue weighted by atomic mass is 19.4. The summed E-state index contributed by atoms with van der Waals surface area (Å²) in [5.41, 5.74) is 1.30. The summed E-state index contributed by atoms with van der Waals surface area (Å²) in [6.45, 7) is 1.90. The van der Waals surface area contributed by atoms with Gasteiger partial charge in [-0.2, -0.15) is 13.2 Å². The molecule has 1 aliphatic heterocycles. The van der Waals surface area contributed by atoms with E-state index in [0.29, 0.717) is 16.7 Å². The van der Waals surface area contributed by atoms with Crippen LogP contribution < -0.4 is 15.8 Å². The molecular weight excluding hydrogens is 419 g/mol. The zero-order valence-corrected chi connectivity index (χ0v) is 17.2. The molecule has 0 radical (unpaired) electrons. The number of rotatable bonds is 4. The summed E-state index contributed by atoms with van der Waals surface area (Å²) >= 11 is 0. The van der Waals surface area contributed by atoms with E-state index in [1.54, 1.807) is 12.1 Å². The van der Waals surface area contributed by atoms with Crippen molar-refractivity contribution in [1.29, 1.82) is 0 Å². The van der Waals surface area contributed by atoms with E-state index in [2.05, 4.69) is 14.9 Å². The normalized spacial score (nSPS) is 14.3. The molecule has 9 heteroatoms. The first kappa shape index (κ1) is 21.8. The largest absolute Gasteiger partial charge is 0.416 e. The smallest absolute Gasteiger partial charge is 0.372 e. The monoisotopic (exact) mass is 441 g/mol. The Kier molecular flexibility index (Phi) is 6.09. The molecule has 2 heterocycles. The number of hydrogen-bond donors (Lipinski definition) is 1. The summed E-state index contributed by atoms with van der Waals surface area (Å²) in [5.74, 6) is 5.44. The second-order valence-electron chi connectivity index (χ2n) is 7.62. The molecule has 2 N–H and O–H groups in total. The minimum absolute atomic E-state index is 0.0471. The minimum Gasteiger partial charge on any atom is -0.372 e. The third kappa shape index (κ3) is 4.72. The molecule has 0 spiro atoms. The van der Waals surface area contributed by atoms with Crippen LogP contribution in [0.15, 0.2) is 60.9 Å². The summed E-state index contributed by atoms with van der Waals surface area (Å²) in [6, 6.07) is 12.1. The van der Waals surface area contributed by atoms with Crippen molar-refractivity contribution in [2.24, 2.45) is 5.84 Å². The van der Waals surface area contributed by atoms with Crippen molar-refractivity contribution in [1.82, 2.24) is 9.97 Å². The molecule has 0 atom stereocenters. The lowest BCUT2D eigenvalue weighted by atomic mass is 10.1. The van der Waals surface area contributed by atoms with E-state index in [9.17, 15) is 18.0 Å². The van der Waals surface area contributed by atoms with E-state index in [0.717, 1.165) is 48.8 Å². The van der Waals surface area contributed by atoms with Crippen molar-refractivity contribution < 1.29 is 18.0 Å². The fraction of sp³-hybridized carbons (Fsp3) is 0.261. The van der Waals surface area contributed by atoms with Crippen molar-refractivity contribution >= 4 is 17.5 Å². The Hall–Kier alpha value is -3.46. The molecule has 1 fully saturated rings. The lowest BCUT2D eigenvalue weighted by Gasteiger charge is -2.29. The highest BCUT2D eigenvalue weighted by Gasteiger charge is 2.30. The topological polar surface area (TPSA) is 75.3 Å². The number of carbonyl (C=O) groups excluding carboxylic acids is 1. The zero-order valence-electron chi connectivity index (χ0n) is 17.2. The molecule has 0 aliphatic carbocycles. The Morgan fingerprint density at radius 2 is 1.62 bits per heavy atom. The van der Waals surface area contributed by atoms with Crippen LogP contribution in [-0.2, 0) is 6.18 Å². The van der Waals surface area contributed by atoms with Crippen molar-refractivity contribution in [3.63, 3.8) is 0 Å². The van der Waals surface area contributed by atoms with E-state index in [-0.39, 0.29) is 5.95 Å². The first-order chi connectivity index (χ1) is 15.3. The molecule has 6 nitrogen and oxygen atoms in total. The second-order valence-corrected chi connectivity index (χ2v) is 7.62. The molecule has 1 amide bonds. The van der Waals surface area contributed by atoms with Crippen molar-refractivity contribution in [2.75, 3.05) is 23.0 Å². The molecule has 1 saturated heterocycles. The standard InChI is InChI=1S/C23H22F3N5O/c24-23(25,26)19-8-4-6-16(12-19)18-14-28-22(29-15-18)31(27)21(32)17-7-5-9-20(13-17)30-10-2-1-3-11-30/h4-9,12-15H,1-3,10-11,27H2. The quantitative estimate of drug-likeness (QED) is 0.362. The van der Waals surface area contributed by atoms with Gasteiger partial charge in [0.2, 0.25) is 5.95 Å². The van der Waals surface area contributed by atoms with Crippen molar-refractivity contribution in [2.45, 2.75) is 25.4 Å². The molecule has 166 valence electrons. The number of benzene rings is 2. The van der Waals surface area contributed by atoms with E-state index < -0.39 is 17.6 Å². The van der Waals surface area contributed by atoms with Crippen LogP contribution in [0.4, 0.5) is 24.8 Å². The number of nitrogens with zero attached hydrogens (tertiary/aromatic N) is 4. The van der Waals surface area contributed by atoms with Gasteiger partial charge in [0, 0.05) is 42.3 Å². The van der Waals surface area contributed by atoms with Crippen LogP contribution in [-0.4, -0.2) is 29.0 Å². The van der Waals surface area contributed by atoms with Crippen LogP contribution in [0.5, 0.6) is 0 Å². The van der Waals surface area contributed by atoms with Gasteiger partial charge in [-0.1, -0.05) is 18.2 Å².